The molecule has 1 spiro atoms. The number of fused-ring (bicyclic) bond motifs is 4. The van der Waals surface area contributed by atoms with Crippen molar-refractivity contribution in [3.8, 4) is 5.69 Å². The average molecular weight is 390 g/mol. The van der Waals surface area contributed by atoms with E-state index in [9.17, 15) is 14.0 Å². The van der Waals surface area contributed by atoms with Gasteiger partial charge in [-0.05, 0) is 43.2 Å². The minimum Gasteiger partial charge on any atom is -0.311 e. The van der Waals surface area contributed by atoms with Crippen LogP contribution in [-0.4, -0.2) is 28.1 Å². The van der Waals surface area contributed by atoms with Crippen LogP contribution < -0.4 is 10.2 Å². The molecule has 2 amide bonds. The second kappa shape index (κ2) is 6.01. The Kier molecular flexibility index (Phi) is 3.65. The molecule has 6 nitrogen and oxygen atoms in total. The van der Waals surface area contributed by atoms with Crippen LogP contribution in [0.1, 0.15) is 30.0 Å². The number of hydrogen-bond donors (Lipinski definition) is 1. The van der Waals surface area contributed by atoms with Gasteiger partial charge in [-0.3, -0.25) is 9.59 Å². The van der Waals surface area contributed by atoms with Crippen LogP contribution in [0.2, 0.25) is 0 Å². The first-order chi connectivity index (χ1) is 14.0. The molecular weight excluding hydrogens is 371 g/mol. The molecule has 0 unspecified atom stereocenters. The molecule has 0 bridgehead atoms. The van der Waals surface area contributed by atoms with Gasteiger partial charge in [-0.15, -0.1) is 0 Å². The number of halogens is 1. The molecular formula is C22H19FN4O2. The normalized spacial score (nSPS) is 20.0. The van der Waals surface area contributed by atoms with E-state index in [1.54, 1.807) is 21.8 Å². The van der Waals surface area contributed by atoms with E-state index in [1.165, 1.54) is 12.1 Å². The van der Waals surface area contributed by atoms with Crippen LogP contribution in [-0.2, 0) is 15.0 Å². The van der Waals surface area contributed by atoms with Gasteiger partial charge in [0.25, 0.3) is 0 Å². The van der Waals surface area contributed by atoms with Crippen LogP contribution in [0.15, 0.2) is 48.7 Å². The Morgan fingerprint density at radius 3 is 2.69 bits per heavy atom. The van der Waals surface area contributed by atoms with Crippen molar-refractivity contribution in [1.82, 2.24) is 9.78 Å². The Hall–Kier alpha value is -3.48. The van der Waals surface area contributed by atoms with Crippen LogP contribution in [0, 0.1) is 12.7 Å². The fraction of sp³-hybridized carbons (Fsp3) is 0.227. The maximum Gasteiger partial charge on any atom is 0.242 e. The number of benzene rings is 2. The summed E-state index contributed by atoms with van der Waals surface area (Å²) < 4.78 is 15.6. The number of nitrogens with one attached hydrogen (secondary N) is 1. The van der Waals surface area contributed by atoms with Gasteiger partial charge in [-0.1, -0.05) is 24.3 Å². The summed E-state index contributed by atoms with van der Waals surface area (Å²) in [7, 11) is 0. The third kappa shape index (κ3) is 2.24. The van der Waals surface area contributed by atoms with Crippen molar-refractivity contribution in [2.24, 2.45) is 0 Å². The number of likely N-dealkylation sites (N-methyl/N-ethyl adjacent to an activating group) is 1. The number of anilines is 2. The fourth-order valence-electron chi connectivity index (χ4n) is 4.57. The van der Waals surface area contributed by atoms with Crippen molar-refractivity contribution < 1.29 is 14.0 Å². The van der Waals surface area contributed by atoms with Crippen molar-refractivity contribution in [2.45, 2.75) is 25.7 Å². The van der Waals surface area contributed by atoms with Crippen molar-refractivity contribution in [2.75, 3.05) is 16.8 Å². The van der Waals surface area contributed by atoms with Crippen molar-refractivity contribution in [3.05, 3.63) is 71.2 Å². The Bertz CT molecular complexity index is 1190. The van der Waals surface area contributed by atoms with E-state index in [0.29, 0.717) is 29.2 Å². The number of carbonyl (C=O) groups excluding carboxylic acids is 2. The molecule has 3 heterocycles. The van der Waals surface area contributed by atoms with Crippen LogP contribution in [0.5, 0.6) is 0 Å². The standard InChI is InChI=1S/C22H19FN4O2/c1-3-26-18-10-14(23)8-9-15(18)22(21(26)29)11-19(28)25-20-16(22)12-24-27(20)17-7-5-4-6-13(17)2/h4-10,12H,3,11H2,1-2H3,(H,25,28)/t22-/m1/s1. The van der Waals surface area contributed by atoms with Crippen molar-refractivity contribution in [3.63, 3.8) is 0 Å². The summed E-state index contributed by atoms with van der Waals surface area (Å²) in [5.41, 5.74) is 2.41. The lowest BCUT2D eigenvalue weighted by atomic mass is 9.72. The minimum atomic E-state index is -1.20. The van der Waals surface area contributed by atoms with E-state index in [1.807, 2.05) is 38.1 Å². The van der Waals surface area contributed by atoms with Crippen LogP contribution in [0.3, 0.4) is 0 Å². The highest BCUT2D eigenvalue weighted by Crippen LogP contribution is 2.52. The monoisotopic (exact) mass is 390 g/mol. The number of nitrogens with zero attached hydrogens (tertiary/aromatic N) is 3. The smallest absolute Gasteiger partial charge is 0.242 e. The third-order valence-electron chi connectivity index (χ3n) is 5.89. The first-order valence-electron chi connectivity index (χ1n) is 9.53. The molecule has 2 aliphatic heterocycles. The fourth-order valence-corrected chi connectivity index (χ4v) is 4.57. The van der Waals surface area contributed by atoms with Gasteiger partial charge >= 0.3 is 0 Å². The van der Waals surface area contributed by atoms with Crippen LogP contribution >= 0.6 is 0 Å². The molecule has 0 saturated heterocycles. The third-order valence-corrected chi connectivity index (χ3v) is 5.89. The lowest BCUT2D eigenvalue weighted by molar-refractivity contribution is -0.126. The second-order valence-corrected chi connectivity index (χ2v) is 7.45. The first kappa shape index (κ1) is 17.6. The molecule has 3 aromatic rings. The number of hydrogen-bond acceptors (Lipinski definition) is 3. The lowest BCUT2D eigenvalue weighted by Crippen LogP contribution is -2.46. The highest BCUT2D eigenvalue weighted by Gasteiger charge is 2.57. The molecule has 2 aromatic carbocycles. The highest BCUT2D eigenvalue weighted by atomic mass is 19.1. The van der Waals surface area contributed by atoms with Gasteiger partial charge in [-0.25, -0.2) is 9.07 Å². The SMILES string of the molecule is CCN1C(=O)[C@]2(CC(=O)Nc3c2cnn3-c2ccccc2C)c2ccc(F)cc21. The Balaban J connectivity index is 1.79. The molecule has 5 rings (SSSR count). The quantitative estimate of drug-likeness (QED) is 0.730. The van der Waals surface area contributed by atoms with E-state index < -0.39 is 11.2 Å². The van der Waals surface area contributed by atoms with Gasteiger partial charge in [0.05, 0.1) is 17.6 Å². The number of aromatic nitrogens is 2. The summed E-state index contributed by atoms with van der Waals surface area (Å²) >= 11 is 0. The number of amides is 2. The minimum absolute atomic E-state index is 0.0343. The number of aryl methyl sites for hydroxylation is 1. The summed E-state index contributed by atoms with van der Waals surface area (Å²) in [6.07, 6.45) is 1.61. The molecule has 2 aliphatic rings. The topological polar surface area (TPSA) is 67.2 Å². The maximum absolute atomic E-state index is 14.0. The van der Waals surface area contributed by atoms with Gasteiger partial charge in [0.15, 0.2) is 0 Å². The average Bonchev–Trinajstić information content (AvgIpc) is 3.20. The van der Waals surface area contributed by atoms with Gasteiger partial charge in [-0.2, -0.15) is 5.10 Å². The largest absolute Gasteiger partial charge is 0.311 e. The number of para-hydroxylation sites is 1. The summed E-state index contributed by atoms with van der Waals surface area (Å²) in [6, 6.07) is 12.0. The van der Waals surface area contributed by atoms with Crippen LogP contribution in [0.25, 0.3) is 5.69 Å². The van der Waals surface area contributed by atoms with Gasteiger partial charge in [0.1, 0.15) is 17.1 Å². The zero-order chi connectivity index (χ0) is 20.3. The zero-order valence-electron chi connectivity index (χ0n) is 16.1. The molecule has 146 valence electrons. The molecule has 1 atom stereocenters. The first-order valence-corrected chi connectivity index (χ1v) is 9.53. The van der Waals surface area contributed by atoms with E-state index in [2.05, 4.69) is 10.4 Å². The Morgan fingerprint density at radius 1 is 1.14 bits per heavy atom. The molecule has 29 heavy (non-hydrogen) atoms. The molecule has 0 fully saturated rings. The van der Waals surface area contributed by atoms with E-state index in [0.717, 1.165) is 11.3 Å². The highest BCUT2D eigenvalue weighted by molar-refractivity contribution is 6.15. The zero-order valence-corrected chi connectivity index (χ0v) is 16.1. The molecule has 0 aliphatic carbocycles. The maximum atomic E-state index is 14.0. The summed E-state index contributed by atoms with van der Waals surface area (Å²) in [6.45, 7) is 4.19. The second-order valence-electron chi connectivity index (χ2n) is 7.45. The van der Waals surface area contributed by atoms with Gasteiger partial charge in [0, 0.05) is 18.5 Å². The van der Waals surface area contributed by atoms with Crippen LogP contribution in [0.4, 0.5) is 15.9 Å². The van der Waals surface area contributed by atoms with Gasteiger partial charge < -0.3 is 10.2 Å². The van der Waals surface area contributed by atoms with Crippen molar-refractivity contribution >= 4 is 23.3 Å². The van der Waals surface area contributed by atoms with E-state index in [4.69, 9.17) is 0 Å². The molecule has 0 saturated carbocycles. The predicted molar refractivity (Wildman–Crippen MR) is 107 cm³/mol. The van der Waals surface area contributed by atoms with E-state index in [-0.39, 0.29) is 18.2 Å². The summed E-state index contributed by atoms with van der Waals surface area (Å²) in [5.74, 6) is -0.421. The summed E-state index contributed by atoms with van der Waals surface area (Å²) in [4.78, 5) is 27.9. The summed E-state index contributed by atoms with van der Waals surface area (Å²) in [5, 5.41) is 7.41. The lowest BCUT2D eigenvalue weighted by Gasteiger charge is -2.32. The molecule has 7 heteroatoms. The predicted octanol–water partition coefficient (Wildman–Crippen LogP) is 3.31. The Labute approximate surface area is 166 Å². The number of rotatable bonds is 2. The molecule has 1 aromatic heterocycles. The Morgan fingerprint density at radius 2 is 1.93 bits per heavy atom. The molecule has 0 radical (unpaired) electrons. The number of carbonyl (C=O) groups is 2. The molecule has 1 N–H and O–H groups in total. The van der Waals surface area contributed by atoms with E-state index >= 15 is 0 Å². The van der Waals surface area contributed by atoms with Crippen molar-refractivity contribution in [1.29, 1.82) is 0 Å². The van der Waals surface area contributed by atoms with Gasteiger partial charge in [0.2, 0.25) is 11.8 Å².